The summed E-state index contributed by atoms with van der Waals surface area (Å²) in [6.07, 6.45) is 2.46. The van der Waals surface area contributed by atoms with Crippen LogP contribution in [0, 0.1) is 0 Å². The Bertz CT molecular complexity index is 764. The zero-order chi connectivity index (χ0) is 18.8. The summed E-state index contributed by atoms with van der Waals surface area (Å²) < 4.78 is 10.2. The topological polar surface area (TPSA) is 101 Å². The van der Waals surface area contributed by atoms with Gasteiger partial charge in [-0.15, -0.1) is 0 Å². The number of methoxy groups -OCH3 is 2. The predicted octanol–water partition coefficient (Wildman–Crippen LogP) is 1.84. The summed E-state index contributed by atoms with van der Waals surface area (Å²) in [7, 11) is 2.96. The Kier molecular flexibility index (Phi) is 6.87. The van der Waals surface area contributed by atoms with Crippen molar-refractivity contribution in [1.29, 1.82) is 0 Å². The first-order valence-corrected chi connectivity index (χ1v) is 7.58. The Morgan fingerprint density at radius 2 is 1.15 bits per heavy atom. The first-order chi connectivity index (χ1) is 12.7. The van der Waals surface area contributed by atoms with E-state index in [9.17, 15) is 9.59 Å². The lowest BCUT2D eigenvalue weighted by molar-refractivity contribution is 0.0943. The van der Waals surface area contributed by atoms with Crippen LogP contribution in [0.3, 0.4) is 0 Å². The molecule has 0 aliphatic heterocycles. The summed E-state index contributed by atoms with van der Waals surface area (Å²) in [4.78, 5) is 24.0. The Morgan fingerprint density at radius 1 is 0.769 bits per heavy atom. The highest BCUT2D eigenvalue weighted by Gasteiger charge is 2.10. The van der Waals surface area contributed by atoms with E-state index in [4.69, 9.17) is 9.47 Å². The fourth-order valence-electron chi connectivity index (χ4n) is 2.04. The second kappa shape index (κ2) is 9.58. The second-order valence-electron chi connectivity index (χ2n) is 4.84. The van der Waals surface area contributed by atoms with Crippen LogP contribution in [0.1, 0.15) is 20.7 Å². The van der Waals surface area contributed by atoms with E-state index >= 15 is 0 Å². The minimum Gasteiger partial charge on any atom is -0.496 e. The summed E-state index contributed by atoms with van der Waals surface area (Å²) >= 11 is 0. The molecule has 0 unspecified atom stereocenters. The molecule has 8 nitrogen and oxygen atoms in total. The summed E-state index contributed by atoms with van der Waals surface area (Å²) in [6, 6.07) is 13.5. The highest BCUT2D eigenvalue weighted by molar-refractivity contribution is 6.16. The molecule has 8 heteroatoms. The molecular weight excluding hydrogens is 336 g/mol. The van der Waals surface area contributed by atoms with Crippen molar-refractivity contribution >= 4 is 24.2 Å². The number of amides is 2. The maximum atomic E-state index is 12.0. The Labute approximate surface area is 150 Å². The van der Waals surface area contributed by atoms with Crippen LogP contribution < -0.4 is 20.3 Å². The maximum Gasteiger partial charge on any atom is 0.275 e. The molecule has 0 aliphatic rings. The molecule has 0 heterocycles. The number of nitrogens with zero attached hydrogens (tertiary/aromatic N) is 2. The van der Waals surface area contributed by atoms with Gasteiger partial charge in [-0.25, -0.2) is 10.9 Å². The number of carbonyl (C=O) groups is 2. The number of nitrogens with one attached hydrogen (secondary N) is 2. The molecule has 2 aromatic rings. The van der Waals surface area contributed by atoms with Crippen LogP contribution in [0.5, 0.6) is 11.5 Å². The number of ether oxygens (including phenoxy) is 2. The van der Waals surface area contributed by atoms with Crippen molar-refractivity contribution in [3.8, 4) is 11.5 Å². The number of hydrazone groups is 2. The van der Waals surface area contributed by atoms with Crippen LogP contribution in [0.15, 0.2) is 58.7 Å². The van der Waals surface area contributed by atoms with Crippen LogP contribution in [0.2, 0.25) is 0 Å². The van der Waals surface area contributed by atoms with E-state index in [1.807, 2.05) is 0 Å². The number of para-hydroxylation sites is 2. The largest absolute Gasteiger partial charge is 0.496 e. The quantitative estimate of drug-likeness (QED) is 0.585. The molecule has 0 saturated heterocycles. The molecule has 26 heavy (non-hydrogen) atoms. The van der Waals surface area contributed by atoms with Crippen LogP contribution in [-0.2, 0) is 0 Å². The second-order valence-corrected chi connectivity index (χ2v) is 4.84. The predicted molar refractivity (Wildman–Crippen MR) is 97.9 cm³/mol. The molecule has 134 valence electrons. The smallest absolute Gasteiger partial charge is 0.275 e. The average molecular weight is 354 g/mol. The van der Waals surface area contributed by atoms with Crippen molar-refractivity contribution < 1.29 is 19.1 Å². The zero-order valence-corrected chi connectivity index (χ0v) is 14.3. The Hall–Kier alpha value is -3.68. The fraction of sp³-hybridized carbons (Fsp3) is 0.111. The van der Waals surface area contributed by atoms with E-state index < -0.39 is 11.8 Å². The molecule has 2 N–H and O–H groups in total. The molecule has 0 bridgehead atoms. The molecule has 0 fully saturated rings. The highest BCUT2D eigenvalue weighted by atomic mass is 16.5. The Morgan fingerprint density at radius 3 is 1.54 bits per heavy atom. The fourth-order valence-corrected chi connectivity index (χ4v) is 2.04. The molecule has 0 aliphatic carbocycles. The van der Waals surface area contributed by atoms with Crippen molar-refractivity contribution in [3.63, 3.8) is 0 Å². The number of rotatable bonds is 7. The molecule has 0 saturated carbocycles. The van der Waals surface area contributed by atoms with Crippen LogP contribution >= 0.6 is 0 Å². The van der Waals surface area contributed by atoms with Gasteiger partial charge in [-0.1, -0.05) is 24.3 Å². The standard InChI is InChI=1S/C18H18N4O4/c1-25-15-9-5-3-7-13(15)17(23)21-19-11-12-20-22-18(24)14-8-4-6-10-16(14)26-2/h3-12H,1-2H3,(H,21,23)(H,22,24)/b19-11+,20-12+. The van der Waals surface area contributed by atoms with Crippen LogP contribution in [0.4, 0.5) is 0 Å². The number of carbonyl (C=O) groups excluding carboxylic acids is 2. The van der Waals surface area contributed by atoms with E-state index in [1.54, 1.807) is 48.5 Å². The molecule has 2 aromatic carbocycles. The van der Waals surface area contributed by atoms with Gasteiger partial charge in [0.2, 0.25) is 0 Å². The lowest BCUT2D eigenvalue weighted by Gasteiger charge is -2.06. The zero-order valence-electron chi connectivity index (χ0n) is 14.3. The summed E-state index contributed by atoms with van der Waals surface area (Å²) in [6.45, 7) is 0. The lowest BCUT2D eigenvalue weighted by Crippen LogP contribution is -2.19. The molecule has 0 atom stereocenters. The van der Waals surface area contributed by atoms with Gasteiger partial charge in [0.05, 0.1) is 37.8 Å². The van der Waals surface area contributed by atoms with Gasteiger partial charge in [-0.3, -0.25) is 9.59 Å². The van der Waals surface area contributed by atoms with Gasteiger partial charge in [0.1, 0.15) is 11.5 Å². The third-order valence-electron chi connectivity index (χ3n) is 3.25. The van der Waals surface area contributed by atoms with E-state index in [0.29, 0.717) is 22.6 Å². The Balaban J connectivity index is 1.86. The summed E-state index contributed by atoms with van der Waals surface area (Å²) in [5, 5.41) is 7.44. The van der Waals surface area contributed by atoms with Gasteiger partial charge in [0.25, 0.3) is 11.8 Å². The van der Waals surface area contributed by atoms with E-state index in [-0.39, 0.29) is 0 Å². The molecule has 2 amide bonds. The van der Waals surface area contributed by atoms with Crippen molar-refractivity contribution in [2.75, 3.05) is 14.2 Å². The number of hydrogen-bond donors (Lipinski definition) is 2. The van der Waals surface area contributed by atoms with Crippen LogP contribution in [0.25, 0.3) is 0 Å². The normalized spacial score (nSPS) is 10.7. The van der Waals surface area contributed by atoms with E-state index in [2.05, 4.69) is 21.1 Å². The highest BCUT2D eigenvalue weighted by Crippen LogP contribution is 2.17. The first-order valence-electron chi connectivity index (χ1n) is 7.58. The monoisotopic (exact) mass is 354 g/mol. The van der Waals surface area contributed by atoms with E-state index in [1.165, 1.54) is 26.6 Å². The van der Waals surface area contributed by atoms with Gasteiger partial charge < -0.3 is 9.47 Å². The number of benzene rings is 2. The minimum absolute atomic E-state index is 0.355. The molecule has 0 spiro atoms. The summed E-state index contributed by atoms with van der Waals surface area (Å²) in [5.74, 6) is 0.0335. The van der Waals surface area contributed by atoms with E-state index in [0.717, 1.165) is 0 Å². The molecular formula is C18H18N4O4. The molecule has 0 aromatic heterocycles. The number of hydrogen-bond acceptors (Lipinski definition) is 6. The third-order valence-corrected chi connectivity index (χ3v) is 3.25. The minimum atomic E-state index is -0.426. The van der Waals surface area contributed by atoms with Gasteiger partial charge in [0.15, 0.2) is 0 Å². The van der Waals surface area contributed by atoms with Crippen molar-refractivity contribution in [1.82, 2.24) is 10.9 Å². The van der Waals surface area contributed by atoms with Gasteiger partial charge in [0, 0.05) is 0 Å². The average Bonchev–Trinajstić information content (AvgIpc) is 2.70. The molecule has 0 radical (unpaired) electrons. The van der Waals surface area contributed by atoms with Gasteiger partial charge >= 0.3 is 0 Å². The van der Waals surface area contributed by atoms with Crippen molar-refractivity contribution in [2.45, 2.75) is 0 Å². The maximum absolute atomic E-state index is 12.0. The van der Waals surface area contributed by atoms with Crippen LogP contribution in [-0.4, -0.2) is 38.5 Å². The lowest BCUT2D eigenvalue weighted by atomic mass is 10.2. The molecule has 2 rings (SSSR count). The van der Waals surface area contributed by atoms with Crippen molar-refractivity contribution in [2.24, 2.45) is 10.2 Å². The first kappa shape index (κ1) is 18.7. The third kappa shape index (κ3) is 4.91. The SMILES string of the molecule is COc1ccccc1C(=O)N/N=C/C=N/NC(=O)c1ccccc1OC. The summed E-state index contributed by atoms with van der Waals surface area (Å²) in [5.41, 5.74) is 5.39. The van der Waals surface area contributed by atoms with Gasteiger partial charge in [-0.05, 0) is 24.3 Å². The van der Waals surface area contributed by atoms with Gasteiger partial charge in [-0.2, -0.15) is 10.2 Å². The van der Waals surface area contributed by atoms with Crippen molar-refractivity contribution in [3.05, 3.63) is 59.7 Å².